The van der Waals surface area contributed by atoms with Crippen LogP contribution in [0.15, 0.2) is 0 Å². The van der Waals surface area contributed by atoms with E-state index >= 15 is 0 Å². The number of carbonyl (C=O) groups excluding carboxylic acids is 1. The Morgan fingerprint density at radius 2 is 2.43 bits per heavy atom. The fourth-order valence-electron chi connectivity index (χ4n) is 1.79. The lowest BCUT2D eigenvalue weighted by molar-refractivity contribution is -0.143. The van der Waals surface area contributed by atoms with E-state index in [9.17, 15) is 4.79 Å². The number of carbonyl (C=O) groups is 1. The zero-order valence-electron chi connectivity index (χ0n) is 8.87. The molecule has 0 aromatic heterocycles. The highest BCUT2D eigenvalue weighted by Gasteiger charge is 2.21. The van der Waals surface area contributed by atoms with Gasteiger partial charge in [0.25, 0.3) is 0 Å². The molecule has 0 amide bonds. The fourth-order valence-corrected chi connectivity index (χ4v) is 1.79. The molecule has 0 bridgehead atoms. The van der Waals surface area contributed by atoms with Crippen LogP contribution < -0.4 is 5.73 Å². The van der Waals surface area contributed by atoms with Gasteiger partial charge in [0.2, 0.25) is 0 Å². The number of esters is 1. The van der Waals surface area contributed by atoms with Crippen molar-refractivity contribution in [1.29, 1.82) is 0 Å². The van der Waals surface area contributed by atoms with E-state index in [0.29, 0.717) is 18.9 Å². The van der Waals surface area contributed by atoms with Gasteiger partial charge in [0.1, 0.15) is 0 Å². The zero-order valence-corrected chi connectivity index (χ0v) is 8.87. The largest absolute Gasteiger partial charge is 0.466 e. The Morgan fingerprint density at radius 3 is 3.00 bits per heavy atom. The van der Waals surface area contributed by atoms with Crippen LogP contribution in [0.2, 0.25) is 0 Å². The number of hydrogen-bond donors (Lipinski definition) is 1. The van der Waals surface area contributed by atoms with Crippen molar-refractivity contribution in [1.82, 2.24) is 4.90 Å². The van der Waals surface area contributed by atoms with Gasteiger partial charge in [-0.2, -0.15) is 0 Å². The van der Waals surface area contributed by atoms with Crippen LogP contribution >= 0.6 is 0 Å². The predicted molar refractivity (Wildman–Crippen MR) is 54.9 cm³/mol. The summed E-state index contributed by atoms with van der Waals surface area (Å²) in [6.07, 6.45) is 1.67. The van der Waals surface area contributed by atoms with Crippen LogP contribution in [-0.4, -0.2) is 43.7 Å². The van der Waals surface area contributed by atoms with Crippen LogP contribution in [0.25, 0.3) is 0 Å². The first kappa shape index (κ1) is 11.5. The van der Waals surface area contributed by atoms with Crippen molar-refractivity contribution in [3.8, 4) is 0 Å². The van der Waals surface area contributed by atoms with E-state index in [-0.39, 0.29) is 5.97 Å². The minimum Gasteiger partial charge on any atom is -0.466 e. The summed E-state index contributed by atoms with van der Waals surface area (Å²) in [4.78, 5) is 13.4. The Kier molecular flexibility index (Phi) is 4.90. The average molecular weight is 200 g/mol. The second kappa shape index (κ2) is 5.98. The number of rotatable bonds is 5. The van der Waals surface area contributed by atoms with E-state index in [2.05, 4.69) is 4.90 Å². The lowest BCUT2D eigenvalue weighted by Gasteiger charge is -2.14. The quantitative estimate of drug-likeness (QED) is 0.645. The highest BCUT2D eigenvalue weighted by Crippen LogP contribution is 2.14. The Bertz CT molecular complexity index is 185. The molecule has 1 rings (SSSR count). The average Bonchev–Trinajstić information content (AvgIpc) is 2.63. The van der Waals surface area contributed by atoms with Gasteiger partial charge in [-0.15, -0.1) is 0 Å². The first-order valence-electron chi connectivity index (χ1n) is 5.34. The minimum atomic E-state index is -0.0938. The Labute approximate surface area is 85.4 Å². The van der Waals surface area contributed by atoms with Gasteiger partial charge in [-0.1, -0.05) is 0 Å². The van der Waals surface area contributed by atoms with Crippen LogP contribution in [0.3, 0.4) is 0 Å². The van der Waals surface area contributed by atoms with E-state index in [4.69, 9.17) is 10.5 Å². The molecule has 2 N–H and O–H groups in total. The molecule has 82 valence electrons. The van der Waals surface area contributed by atoms with Crippen molar-refractivity contribution in [3.05, 3.63) is 0 Å². The fraction of sp³-hybridized carbons (Fsp3) is 0.900. The van der Waals surface area contributed by atoms with Crippen LogP contribution in [-0.2, 0) is 9.53 Å². The lowest BCUT2D eigenvalue weighted by atomic mass is 10.1. The van der Waals surface area contributed by atoms with Crippen molar-refractivity contribution in [2.75, 3.05) is 32.8 Å². The third kappa shape index (κ3) is 3.64. The number of nitrogens with zero attached hydrogens (tertiary/aromatic N) is 1. The highest BCUT2D eigenvalue weighted by molar-refractivity contribution is 5.69. The Morgan fingerprint density at radius 1 is 1.64 bits per heavy atom. The van der Waals surface area contributed by atoms with E-state index in [0.717, 1.165) is 26.2 Å². The van der Waals surface area contributed by atoms with Crippen LogP contribution in [0.1, 0.15) is 19.8 Å². The molecule has 1 aliphatic rings. The molecule has 4 nitrogen and oxygen atoms in total. The zero-order chi connectivity index (χ0) is 10.4. The molecule has 0 spiro atoms. The summed E-state index contributed by atoms with van der Waals surface area (Å²) < 4.78 is 4.86. The molecular formula is C10H20N2O2. The molecule has 0 radical (unpaired) electrons. The maximum absolute atomic E-state index is 11.1. The molecule has 1 heterocycles. The summed E-state index contributed by atoms with van der Waals surface area (Å²) in [5.74, 6) is 0.529. The molecule has 1 unspecified atom stereocenters. The molecule has 1 fully saturated rings. The summed E-state index contributed by atoms with van der Waals surface area (Å²) in [5, 5.41) is 0. The van der Waals surface area contributed by atoms with Gasteiger partial charge in [-0.3, -0.25) is 4.79 Å². The number of hydrogen-bond acceptors (Lipinski definition) is 4. The summed E-state index contributed by atoms with van der Waals surface area (Å²) in [5.41, 5.74) is 5.58. The SMILES string of the molecule is CCOC(=O)CCN1CCC(CN)C1. The van der Waals surface area contributed by atoms with Crippen LogP contribution in [0.4, 0.5) is 0 Å². The van der Waals surface area contributed by atoms with Gasteiger partial charge in [-0.05, 0) is 32.4 Å². The summed E-state index contributed by atoms with van der Waals surface area (Å²) >= 11 is 0. The summed E-state index contributed by atoms with van der Waals surface area (Å²) in [6, 6.07) is 0. The maximum atomic E-state index is 11.1. The van der Waals surface area contributed by atoms with Gasteiger partial charge in [0, 0.05) is 13.1 Å². The van der Waals surface area contributed by atoms with E-state index in [1.54, 1.807) is 0 Å². The molecule has 1 atom stereocenters. The Hall–Kier alpha value is -0.610. The number of nitrogens with two attached hydrogens (primary N) is 1. The minimum absolute atomic E-state index is 0.0938. The van der Waals surface area contributed by atoms with Crippen molar-refractivity contribution in [2.24, 2.45) is 11.7 Å². The Balaban J connectivity index is 2.11. The third-order valence-electron chi connectivity index (χ3n) is 2.64. The van der Waals surface area contributed by atoms with Crippen molar-refractivity contribution >= 4 is 5.97 Å². The molecule has 14 heavy (non-hydrogen) atoms. The highest BCUT2D eigenvalue weighted by atomic mass is 16.5. The normalized spacial score (nSPS) is 22.6. The topological polar surface area (TPSA) is 55.6 Å². The number of likely N-dealkylation sites (tertiary alicyclic amines) is 1. The summed E-state index contributed by atoms with van der Waals surface area (Å²) in [7, 11) is 0. The lowest BCUT2D eigenvalue weighted by Crippen LogP contribution is -2.26. The smallest absolute Gasteiger partial charge is 0.307 e. The van der Waals surface area contributed by atoms with Gasteiger partial charge >= 0.3 is 5.97 Å². The van der Waals surface area contributed by atoms with Crippen molar-refractivity contribution in [2.45, 2.75) is 19.8 Å². The standard InChI is InChI=1S/C10H20N2O2/c1-2-14-10(13)4-6-12-5-3-9(7-11)8-12/h9H,2-8,11H2,1H3. The molecule has 0 saturated carbocycles. The van der Waals surface area contributed by atoms with Gasteiger partial charge < -0.3 is 15.4 Å². The van der Waals surface area contributed by atoms with Gasteiger partial charge in [-0.25, -0.2) is 0 Å². The van der Waals surface area contributed by atoms with E-state index in [1.165, 1.54) is 6.42 Å². The van der Waals surface area contributed by atoms with Gasteiger partial charge in [0.05, 0.1) is 13.0 Å². The summed E-state index contributed by atoms with van der Waals surface area (Å²) in [6.45, 7) is 5.99. The second-order valence-corrected chi connectivity index (χ2v) is 3.75. The molecule has 0 aromatic rings. The molecule has 1 saturated heterocycles. The van der Waals surface area contributed by atoms with E-state index in [1.807, 2.05) is 6.92 Å². The van der Waals surface area contributed by atoms with Crippen LogP contribution in [0.5, 0.6) is 0 Å². The molecule has 0 aliphatic carbocycles. The van der Waals surface area contributed by atoms with Crippen molar-refractivity contribution in [3.63, 3.8) is 0 Å². The first-order valence-corrected chi connectivity index (χ1v) is 5.34. The second-order valence-electron chi connectivity index (χ2n) is 3.75. The molecular weight excluding hydrogens is 180 g/mol. The predicted octanol–water partition coefficient (Wildman–Crippen LogP) is 0.220. The van der Waals surface area contributed by atoms with Crippen molar-refractivity contribution < 1.29 is 9.53 Å². The third-order valence-corrected chi connectivity index (χ3v) is 2.64. The molecule has 1 aliphatic heterocycles. The monoisotopic (exact) mass is 200 g/mol. The van der Waals surface area contributed by atoms with Crippen LogP contribution in [0, 0.1) is 5.92 Å². The number of ether oxygens (including phenoxy) is 1. The van der Waals surface area contributed by atoms with E-state index < -0.39 is 0 Å². The molecule has 4 heteroatoms. The molecule has 0 aromatic carbocycles. The maximum Gasteiger partial charge on any atom is 0.307 e. The van der Waals surface area contributed by atoms with Gasteiger partial charge in [0.15, 0.2) is 0 Å². The first-order chi connectivity index (χ1) is 6.76.